The van der Waals surface area contributed by atoms with Gasteiger partial charge in [-0.25, -0.2) is 9.97 Å². The molecule has 0 saturated carbocycles. The Hall–Kier alpha value is -3.57. The van der Waals surface area contributed by atoms with Crippen LogP contribution in [0.15, 0.2) is 24.3 Å². The first-order valence-electron chi connectivity index (χ1n) is 12.9. The molecule has 1 N–H and O–H groups in total. The van der Waals surface area contributed by atoms with Gasteiger partial charge in [0.05, 0.1) is 24.2 Å². The molecule has 0 spiro atoms. The highest BCUT2D eigenvalue weighted by molar-refractivity contribution is 5.86. The molecule has 0 unspecified atom stereocenters. The second-order valence-electron chi connectivity index (χ2n) is 9.90. The summed E-state index contributed by atoms with van der Waals surface area (Å²) in [7, 11) is 1.99. The summed E-state index contributed by atoms with van der Waals surface area (Å²) < 4.78 is 9.71. The number of hydrogen-bond acceptors (Lipinski definition) is 8. The molecule has 1 amide bonds. The second kappa shape index (κ2) is 9.38. The average molecular weight is 505 g/mol. The standard InChI is InChI=1S/C26H32N8O3/c1-4-20-27-18-7-5-6-8-19(18)34(20)26-29-23-22(24(30-26)32-9-11-37-12-10-32)28-21(31(23)3)13-17-14-33(15-17)25(36)16(2)35/h5-8,16-17,35H,4,9-15H2,1-3H3/t16-/m0/s1. The van der Waals surface area contributed by atoms with Crippen LogP contribution in [0.3, 0.4) is 0 Å². The highest BCUT2D eigenvalue weighted by atomic mass is 16.5. The molecule has 0 bridgehead atoms. The summed E-state index contributed by atoms with van der Waals surface area (Å²) in [6, 6.07) is 8.06. The molecule has 194 valence electrons. The zero-order valence-corrected chi connectivity index (χ0v) is 21.5. The number of fused-ring (bicyclic) bond motifs is 2. The largest absolute Gasteiger partial charge is 0.384 e. The molecule has 3 aromatic heterocycles. The van der Waals surface area contributed by atoms with Gasteiger partial charge in [-0.3, -0.25) is 9.36 Å². The molecule has 11 heteroatoms. The summed E-state index contributed by atoms with van der Waals surface area (Å²) in [4.78, 5) is 35.9. The molecule has 2 aliphatic rings. The monoisotopic (exact) mass is 504 g/mol. The van der Waals surface area contributed by atoms with Crippen LogP contribution in [-0.4, -0.2) is 90.5 Å². The lowest BCUT2D eigenvalue weighted by Gasteiger charge is -2.39. The molecule has 1 atom stereocenters. The summed E-state index contributed by atoms with van der Waals surface area (Å²) >= 11 is 0. The van der Waals surface area contributed by atoms with Crippen LogP contribution in [0, 0.1) is 5.92 Å². The van der Waals surface area contributed by atoms with Gasteiger partial charge in [-0.2, -0.15) is 9.97 Å². The third-order valence-corrected chi connectivity index (χ3v) is 7.34. The van der Waals surface area contributed by atoms with Gasteiger partial charge in [0, 0.05) is 52.0 Å². The molecule has 0 aliphatic carbocycles. The maximum absolute atomic E-state index is 12.1. The summed E-state index contributed by atoms with van der Waals surface area (Å²) in [5, 5.41) is 9.59. The number of carbonyl (C=O) groups excluding carboxylic acids is 1. The van der Waals surface area contributed by atoms with Crippen LogP contribution in [0.1, 0.15) is 25.5 Å². The molecule has 1 aromatic carbocycles. The van der Waals surface area contributed by atoms with Crippen molar-refractivity contribution in [2.24, 2.45) is 13.0 Å². The van der Waals surface area contributed by atoms with E-state index in [-0.39, 0.29) is 5.91 Å². The van der Waals surface area contributed by atoms with Crippen molar-refractivity contribution in [3.05, 3.63) is 35.9 Å². The quantitative estimate of drug-likeness (QED) is 0.420. The van der Waals surface area contributed by atoms with Crippen LogP contribution in [0.4, 0.5) is 5.82 Å². The number of aromatic nitrogens is 6. The number of imidazole rings is 2. The Balaban J connectivity index is 1.42. The van der Waals surface area contributed by atoms with Crippen LogP contribution in [0.2, 0.25) is 0 Å². The summed E-state index contributed by atoms with van der Waals surface area (Å²) in [5.74, 6) is 3.30. The predicted molar refractivity (Wildman–Crippen MR) is 139 cm³/mol. The minimum absolute atomic E-state index is 0.217. The highest BCUT2D eigenvalue weighted by Crippen LogP contribution is 2.30. The van der Waals surface area contributed by atoms with Crippen LogP contribution < -0.4 is 4.90 Å². The van der Waals surface area contributed by atoms with Crippen molar-refractivity contribution in [1.29, 1.82) is 0 Å². The van der Waals surface area contributed by atoms with E-state index in [2.05, 4.69) is 22.5 Å². The number of likely N-dealkylation sites (tertiary alicyclic amines) is 1. The molecular formula is C26H32N8O3. The second-order valence-corrected chi connectivity index (χ2v) is 9.90. The van der Waals surface area contributed by atoms with Gasteiger partial charge in [0.25, 0.3) is 5.91 Å². The average Bonchev–Trinajstić information content (AvgIpc) is 3.42. The van der Waals surface area contributed by atoms with E-state index in [4.69, 9.17) is 24.7 Å². The van der Waals surface area contributed by atoms with Crippen molar-refractivity contribution in [3.8, 4) is 5.95 Å². The number of amides is 1. The van der Waals surface area contributed by atoms with Crippen molar-refractivity contribution in [1.82, 2.24) is 34.0 Å². The van der Waals surface area contributed by atoms with E-state index in [1.54, 1.807) is 4.90 Å². The van der Waals surface area contributed by atoms with Crippen molar-refractivity contribution in [3.63, 3.8) is 0 Å². The number of anilines is 1. The zero-order chi connectivity index (χ0) is 25.7. The Morgan fingerprint density at radius 3 is 2.59 bits per heavy atom. The Morgan fingerprint density at radius 2 is 1.86 bits per heavy atom. The number of nitrogens with zero attached hydrogens (tertiary/aromatic N) is 8. The number of aryl methyl sites for hydroxylation is 2. The van der Waals surface area contributed by atoms with E-state index in [1.165, 1.54) is 6.92 Å². The van der Waals surface area contributed by atoms with Gasteiger partial charge in [0.15, 0.2) is 17.0 Å². The molecule has 5 heterocycles. The first-order chi connectivity index (χ1) is 17.9. The lowest BCUT2D eigenvalue weighted by atomic mass is 9.95. The van der Waals surface area contributed by atoms with E-state index in [0.717, 1.165) is 65.6 Å². The van der Waals surface area contributed by atoms with Crippen molar-refractivity contribution in [2.45, 2.75) is 32.8 Å². The summed E-state index contributed by atoms with van der Waals surface area (Å²) in [6.07, 6.45) is 0.514. The van der Waals surface area contributed by atoms with Crippen molar-refractivity contribution < 1.29 is 14.6 Å². The molecule has 2 aliphatic heterocycles. The normalized spacial score (nSPS) is 17.5. The Kier molecular flexibility index (Phi) is 6.04. The third kappa shape index (κ3) is 4.11. The fourth-order valence-corrected chi connectivity index (χ4v) is 5.30. The van der Waals surface area contributed by atoms with Gasteiger partial charge in [0.2, 0.25) is 5.95 Å². The van der Waals surface area contributed by atoms with E-state index in [1.807, 2.05) is 29.8 Å². The Labute approximate surface area is 214 Å². The number of morpholine rings is 1. The number of benzene rings is 1. The van der Waals surface area contributed by atoms with Gasteiger partial charge < -0.3 is 24.2 Å². The molecule has 2 fully saturated rings. The first-order valence-corrected chi connectivity index (χ1v) is 12.9. The highest BCUT2D eigenvalue weighted by Gasteiger charge is 2.34. The van der Waals surface area contributed by atoms with Crippen LogP contribution in [-0.2, 0) is 29.4 Å². The minimum atomic E-state index is -0.964. The third-order valence-electron chi connectivity index (χ3n) is 7.34. The van der Waals surface area contributed by atoms with Crippen molar-refractivity contribution in [2.75, 3.05) is 44.3 Å². The van der Waals surface area contributed by atoms with Gasteiger partial charge in [0.1, 0.15) is 17.8 Å². The van der Waals surface area contributed by atoms with Crippen LogP contribution >= 0.6 is 0 Å². The fourth-order valence-electron chi connectivity index (χ4n) is 5.30. The maximum atomic E-state index is 12.1. The topological polar surface area (TPSA) is 114 Å². The van der Waals surface area contributed by atoms with E-state index in [0.29, 0.717) is 38.2 Å². The SMILES string of the molecule is CCc1nc2ccccc2n1-c1nc(N2CCOCC2)c2nc(CC3CN(C(=O)[C@H](C)O)C3)n(C)c2n1. The molecule has 4 aromatic rings. The summed E-state index contributed by atoms with van der Waals surface area (Å²) in [6.45, 7) is 7.61. The number of ether oxygens (including phenoxy) is 1. The van der Waals surface area contributed by atoms with Crippen LogP contribution in [0.5, 0.6) is 0 Å². The van der Waals surface area contributed by atoms with Gasteiger partial charge in [-0.15, -0.1) is 0 Å². The number of carbonyl (C=O) groups is 1. The summed E-state index contributed by atoms with van der Waals surface area (Å²) in [5.41, 5.74) is 3.45. The lowest BCUT2D eigenvalue weighted by Crippen LogP contribution is -2.53. The van der Waals surface area contributed by atoms with Gasteiger partial charge in [-0.1, -0.05) is 19.1 Å². The number of aliphatic hydroxyl groups excluding tert-OH is 1. The molecule has 6 rings (SSSR count). The molecule has 37 heavy (non-hydrogen) atoms. The number of aliphatic hydroxyl groups is 1. The Bertz CT molecular complexity index is 1460. The number of hydrogen-bond donors (Lipinski definition) is 1. The molecule has 2 saturated heterocycles. The van der Waals surface area contributed by atoms with Crippen LogP contribution in [0.25, 0.3) is 28.1 Å². The molecule has 11 nitrogen and oxygen atoms in total. The number of rotatable bonds is 6. The zero-order valence-electron chi connectivity index (χ0n) is 21.5. The lowest BCUT2D eigenvalue weighted by molar-refractivity contribution is -0.145. The van der Waals surface area contributed by atoms with E-state index in [9.17, 15) is 9.90 Å². The molecular weight excluding hydrogens is 472 g/mol. The van der Waals surface area contributed by atoms with Gasteiger partial charge in [-0.05, 0) is 19.1 Å². The maximum Gasteiger partial charge on any atom is 0.251 e. The Morgan fingerprint density at radius 1 is 1.11 bits per heavy atom. The smallest absolute Gasteiger partial charge is 0.251 e. The number of para-hydroxylation sites is 2. The molecule has 0 radical (unpaired) electrons. The van der Waals surface area contributed by atoms with E-state index < -0.39 is 6.10 Å². The van der Waals surface area contributed by atoms with Crippen molar-refractivity contribution >= 4 is 33.9 Å². The van der Waals surface area contributed by atoms with Gasteiger partial charge >= 0.3 is 0 Å². The first kappa shape index (κ1) is 23.8. The fraction of sp³-hybridized carbons (Fsp3) is 0.500. The predicted octanol–water partition coefficient (Wildman–Crippen LogP) is 1.48. The van der Waals surface area contributed by atoms with E-state index >= 15 is 0 Å². The minimum Gasteiger partial charge on any atom is -0.384 e.